The lowest BCUT2D eigenvalue weighted by molar-refractivity contribution is -0.149. The van der Waals surface area contributed by atoms with Crippen molar-refractivity contribution in [3.05, 3.63) is 108 Å². The first-order chi connectivity index (χ1) is 36.0. The Kier molecular flexibility index (Phi) is 20.2. The number of nitrogens with one attached hydrogen (secondary N) is 10. The van der Waals surface area contributed by atoms with Crippen molar-refractivity contribution in [1.29, 1.82) is 5.41 Å². The van der Waals surface area contributed by atoms with E-state index in [0.717, 1.165) is 17.3 Å². The van der Waals surface area contributed by atoms with Crippen molar-refractivity contribution in [2.24, 2.45) is 11.5 Å². The number of aromatic nitrogens is 1. The zero-order valence-corrected chi connectivity index (χ0v) is 41.7. The maximum atomic E-state index is 14.5. The normalized spacial score (nSPS) is 17.5. The third kappa shape index (κ3) is 16.3. The number of nitrogens with two attached hydrogens (primary N) is 2. The van der Waals surface area contributed by atoms with Crippen LogP contribution in [0.1, 0.15) is 68.6 Å². The van der Waals surface area contributed by atoms with E-state index in [2.05, 4.69) is 47.5 Å². The lowest BCUT2D eigenvalue weighted by Gasteiger charge is -2.29. The SMILES string of the molecule is C[C@H](NC(=O)[C@H](CC(N)=O)NC(=O)[C@H](Cc1ccccc1)NC(=O)[C@H](Cc1ccccc1)NC(=O)[C@H](CCCNC(=N)N)NC(=O)[C@@H]1CCCN1)C(=O)N[C@@H](Cc1c[nH]c2ccccc12)C(=O)N1CCC[C@@H]1C(=O)O. The molecule has 0 bridgehead atoms. The smallest absolute Gasteiger partial charge is 0.326 e. The van der Waals surface area contributed by atoms with Gasteiger partial charge in [0.25, 0.3) is 0 Å². The van der Waals surface area contributed by atoms with Crippen LogP contribution in [0, 0.1) is 5.41 Å². The molecule has 2 fully saturated rings. The minimum atomic E-state index is -1.68. The van der Waals surface area contributed by atoms with Crippen molar-refractivity contribution < 1.29 is 48.3 Å². The summed E-state index contributed by atoms with van der Waals surface area (Å²) in [5, 5.41) is 39.9. The molecule has 3 heterocycles. The van der Waals surface area contributed by atoms with E-state index in [-0.39, 0.29) is 51.2 Å². The standard InChI is InChI=1S/C52H67N13O10/c1-30(44(67)64-41(50(73)65-24-12-21-42(65)51(74)75)27-33-29-58-35-18-9-8-17-34(33)35)59-47(70)40(28-43(53)66)63-49(72)39(26-32-15-6-3-7-16-32)62-48(71)38(25-31-13-4-2-5-14-31)61-46(69)37(20-11-23-57-52(54)55)60-45(68)36-19-10-22-56-36/h2-9,13-18,29-30,36-42,56,58H,10-12,19-28H2,1H3,(H2,53,66)(H,59,70)(H,60,68)(H,61,69)(H,62,71)(H,63,72)(H,64,67)(H,74,75)(H4,54,55,57)/t30-,36-,37-,38-,39-,40-,41-,42+/m0/s1. The molecule has 75 heavy (non-hydrogen) atoms. The van der Waals surface area contributed by atoms with Gasteiger partial charge in [-0.25, -0.2) is 4.79 Å². The molecule has 2 saturated heterocycles. The van der Waals surface area contributed by atoms with Gasteiger partial charge >= 0.3 is 5.97 Å². The van der Waals surface area contributed by atoms with E-state index in [1.54, 1.807) is 66.9 Å². The second kappa shape index (κ2) is 27.1. The van der Waals surface area contributed by atoms with Crippen LogP contribution in [0.5, 0.6) is 0 Å². The predicted molar refractivity (Wildman–Crippen MR) is 276 cm³/mol. The number of guanidine groups is 1. The van der Waals surface area contributed by atoms with Crippen LogP contribution >= 0.6 is 0 Å². The Hall–Kier alpha value is -8.34. The van der Waals surface area contributed by atoms with E-state index < -0.39 is 108 Å². The number of carbonyl (C=O) groups is 9. The van der Waals surface area contributed by atoms with Gasteiger partial charge in [0, 0.05) is 49.5 Å². The van der Waals surface area contributed by atoms with Gasteiger partial charge in [-0.15, -0.1) is 0 Å². The Balaban J connectivity index is 1.19. The Labute approximate surface area is 433 Å². The predicted octanol–water partition coefficient (Wildman–Crippen LogP) is -0.909. The Morgan fingerprint density at radius 1 is 0.680 bits per heavy atom. The average molecular weight is 1030 g/mol. The number of carbonyl (C=O) groups excluding carboxylic acids is 8. The Morgan fingerprint density at radius 3 is 1.84 bits per heavy atom. The molecule has 15 N–H and O–H groups in total. The number of H-pyrrole nitrogens is 1. The van der Waals surface area contributed by atoms with Gasteiger partial charge in [-0.2, -0.15) is 0 Å². The molecule has 23 heteroatoms. The van der Waals surface area contributed by atoms with Crippen LogP contribution in [0.2, 0.25) is 0 Å². The average Bonchev–Trinajstić information content (AvgIpc) is 4.20. The second-order valence-corrected chi connectivity index (χ2v) is 18.8. The summed E-state index contributed by atoms with van der Waals surface area (Å²) < 4.78 is 0. The van der Waals surface area contributed by atoms with Gasteiger partial charge in [0.2, 0.25) is 47.3 Å². The van der Waals surface area contributed by atoms with Gasteiger partial charge in [0.05, 0.1) is 12.5 Å². The highest BCUT2D eigenvalue weighted by molar-refractivity contribution is 5.99. The lowest BCUT2D eigenvalue weighted by Crippen LogP contribution is -2.61. The van der Waals surface area contributed by atoms with Crippen LogP contribution < -0.4 is 54.0 Å². The summed E-state index contributed by atoms with van der Waals surface area (Å²) in [7, 11) is 0. The van der Waals surface area contributed by atoms with Crippen molar-refractivity contribution in [2.45, 2.75) is 119 Å². The van der Waals surface area contributed by atoms with Gasteiger partial charge < -0.3 is 69.0 Å². The highest BCUT2D eigenvalue weighted by Crippen LogP contribution is 2.23. The molecule has 4 aromatic rings. The van der Waals surface area contributed by atoms with Gasteiger partial charge in [-0.3, -0.25) is 43.8 Å². The number of aromatic amines is 1. The molecule has 23 nitrogen and oxygen atoms in total. The first kappa shape index (κ1) is 56.0. The highest BCUT2D eigenvalue weighted by Gasteiger charge is 2.39. The molecule has 8 amide bonds. The number of hydrogen-bond acceptors (Lipinski definition) is 11. The molecule has 0 radical (unpaired) electrons. The van der Waals surface area contributed by atoms with Crippen LogP contribution in [-0.4, -0.2) is 142 Å². The van der Waals surface area contributed by atoms with Gasteiger partial charge in [-0.05, 0) is 74.8 Å². The van der Waals surface area contributed by atoms with E-state index in [4.69, 9.17) is 16.9 Å². The largest absolute Gasteiger partial charge is 0.480 e. The summed E-state index contributed by atoms with van der Waals surface area (Å²) in [4.78, 5) is 127. The summed E-state index contributed by atoms with van der Waals surface area (Å²) in [6.07, 6.45) is 3.20. The zero-order chi connectivity index (χ0) is 54.0. The number of likely N-dealkylation sites (tertiary alicyclic amines) is 1. The lowest BCUT2D eigenvalue weighted by atomic mass is 10.0. The number of amides is 8. The molecule has 2 aliphatic rings. The van der Waals surface area contributed by atoms with Crippen LogP contribution in [0.25, 0.3) is 10.9 Å². The van der Waals surface area contributed by atoms with E-state index in [9.17, 15) is 48.3 Å². The molecule has 6 rings (SSSR count). The Morgan fingerprint density at radius 2 is 1.25 bits per heavy atom. The molecule has 0 unspecified atom stereocenters. The van der Waals surface area contributed by atoms with Gasteiger partial charge in [0.1, 0.15) is 42.3 Å². The number of benzene rings is 3. The number of rotatable bonds is 26. The molecular weight excluding hydrogens is 967 g/mol. The van der Waals surface area contributed by atoms with Crippen LogP contribution in [0.3, 0.4) is 0 Å². The van der Waals surface area contributed by atoms with Crippen LogP contribution in [0.15, 0.2) is 91.1 Å². The van der Waals surface area contributed by atoms with Gasteiger partial charge in [-0.1, -0.05) is 78.9 Å². The zero-order valence-electron chi connectivity index (χ0n) is 41.7. The van der Waals surface area contributed by atoms with Crippen LogP contribution in [0.4, 0.5) is 0 Å². The summed E-state index contributed by atoms with van der Waals surface area (Å²) >= 11 is 0. The van der Waals surface area contributed by atoms with E-state index >= 15 is 0 Å². The number of para-hydroxylation sites is 1. The Bertz CT molecular complexity index is 2680. The molecule has 400 valence electrons. The fraction of sp³-hybridized carbons (Fsp3) is 0.423. The summed E-state index contributed by atoms with van der Waals surface area (Å²) in [5.41, 5.74) is 13.7. The van der Waals surface area contributed by atoms with E-state index in [1.807, 2.05) is 24.3 Å². The summed E-state index contributed by atoms with van der Waals surface area (Å²) in [5.74, 6) is -7.71. The second-order valence-electron chi connectivity index (χ2n) is 18.8. The molecule has 2 aliphatic heterocycles. The number of nitrogens with zero attached hydrogens (tertiary/aromatic N) is 1. The van der Waals surface area contributed by atoms with Crippen molar-refractivity contribution in [2.75, 3.05) is 19.6 Å². The quantitative estimate of drug-likeness (QED) is 0.0206. The first-order valence-corrected chi connectivity index (χ1v) is 25.0. The number of aliphatic carboxylic acids is 1. The summed E-state index contributed by atoms with van der Waals surface area (Å²) in [6.45, 7) is 2.34. The fourth-order valence-electron chi connectivity index (χ4n) is 9.21. The first-order valence-electron chi connectivity index (χ1n) is 25.0. The minimum absolute atomic E-state index is 0.0297. The number of primary amides is 1. The highest BCUT2D eigenvalue weighted by atomic mass is 16.4. The molecule has 3 aromatic carbocycles. The molecular formula is C52H67N13O10. The minimum Gasteiger partial charge on any atom is -0.480 e. The fourth-order valence-corrected chi connectivity index (χ4v) is 9.21. The number of hydrogen-bond donors (Lipinski definition) is 13. The number of carboxylic acid groups (broad SMARTS) is 1. The van der Waals surface area contributed by atoms with Crippen molar-refractivity contribution in [3.8, 4) is 0 Å². The van der Waals surface area contributed by atoms with Crippen LogP contribution in [-0.2, 0) is 62.4 Å². The van der Waals surface area contributed by atoms with Crippen molar-refractivity contribution >= 4 is 70.1 Å². The molecule has 0 aliphatic carbocycles. The topological polar surface area (TPSA) is 365 Å². The molecule has 1 aromatic heterocycles. The third-order valence-electron chi connectivity index (χ3n) is 13.2. The van der Waals surface area contributed by atoms with E-state index in [0.29, 0.717) is 42.5 Å². The monoisotopic (exact) mass is 1030 g/mol. The van der Waals surface area contributed by atoms with Crippen molar-refractivity contribution in [3.63, 3.8) is 0 Å². The maximum Gasteiger partial charge on any atom is 0.326 e. The summed E-state index contributed by atoms with van der Waals surface area (Å²) in [6, 6.07) is 14.9. The van der Waals surface area contributed by atoms with Gasteiger partial charge in [0.15, 0.2) is 5.96 Å². The third-order valence-corrected chi connectivity index (χ3v) is 13.2. The molecule has 0 spiro atoms. The number of fused-ring (bicyclic) bond motifs is 1. The molecule has 8 atom stereocenters. The van der Waals surface area contributed by atoms with E-state index in [1.165, 1.54) is 11.8 Å². The molecule has 0 saturated carbocycles. The van der Waals surface area contributed by atoms with Crippen molar-refractivity contribution in [1.82, 2.24) is 52.4 Å². The number of carboxylic acids is 1. The maximum absolute atomic E-state index is 14.5.